The van der Waals surface area contributed by atoms with E-state index >= 15 is 0 Å². The smallest absolute Gasteiger partial charge is 0.177 e. The van der Waals surface area contributed by atoms with Crippen molar-refractivity contribution in [1.82, 2.24) is 0 Å². The lowest BCUT2D eigenvalue weighted by Crippen LogP contribution is -2.36. The number of sulfone groups is 2. The monoisotopic (exact) mass is 345 g/mol. The first kappa shape index (κ1) is 17.3. The van der Waals surface area contributed by atoms with Crippen molar-refractivity contribution in [2.75, 3.05) is 30.5 Å². The van der Waals surface area contributed by atoms with Gasteiger partial charge >= 0.3 is 0 Å². The van der Waals surface area contributed by atoms with Crippen LogP contribution >= 0.6 is 0 Å². The van der Waals surface area contributed by atoms with E-state index in [4.69, 9.17) is 0 Å². The highest BCUT2D eigenvalue weighted by Gasteiger charge is 2.25. The van der Waals surface area contributed by atoms with Gasteiger partial charge < -0.3 is 4.90 Å². The Balaban J connectivity index is 2.52. The van der Waals surface area contributed by atoms with Gasteiger partial charge in [0.1, 0.15) is 0 Å². The number of rotatable bonds is 4. The van der Waals surface area contributed by atoms with Gasteiger partial charge in [0, 0.05) is 25.6 Å². The number of nitrogens with zero attached hydrogens (tertiary/aromatic N) is 1. The molecular weight excluding hydrogens is 322 g/mol. The molecule has 0 N–H and O–H groups in total. The van der Waals surface area contributed by atoms with Crippen LogP contribution < -0.4 is 4.90 Å². The van der Waals surface area contributed by atoms with Crippen molar-refractivity contribution in [2.45, 2.75) is 36.0 Å². The molecule has 1 aliphatic rings. The number of hydrogen-bond acceptors (Lipinski definition) is 5. The SMILES string of the molecule is CCC1CCCN(c2ccc(S(C)(=O)=O)cc2S(C)(=O)=O)C1. The number of anilines is 1. The van der Waals surface area contributed by atoms with Crippen LogP contribution in [-0.4, -0.2) is 42.4 Å². The average Bonchev–Trinajstić information content (AvgIpc) is 2.45. The molecule has 1 atom stereocenters. The van der Waals surface area contributed by atoms with Gasteiger partial charge in [0.2, 0.25) is 0 Å². The van der Waals surface area contributed by atoms with Crippen molar-refractivity contribution in [3.63, 3.8) is 0 Å². The summed E-state index contributed by atoms with van der Waals surface area (Å²) in [5.41, 5.74) is 0.619. The van der Waals surface area contributed by atoms with Gasteiger partial charge in [0.15, 0.2) is 19.7 Å². The van der Waals surface area contributed by atoms with E-state index < -0.39 is 19.7 Å². The minimum atomic E-state index is -3.50. The molecule has 1 fully saturated rings. The summed E-state index contributed by atoms with van der Waals surface area (Å²) >= 11 is 0. The molecule has 0 saturated carbocycles. The van der Waals surface area contributed by atoms with Crippen LogP contribution in [0.15, 0.2) is 28.0 Å². The van der Waals surface area contributed by atoms with E-state index in [0.717, 1.165) is 44.9 Å². The molecule has 22 heavy (non-hydrogen) atoms. The molecule has 1 aromatic carbocycles. The number of piperidine rings is 1. The van der Waals surface area contributed by atoms with Crippen LogP contribution in [-0.2, 0) is 19.7 Å². The van der Waals surface area contributed by atoms with Crippen molar-refractivity contribution in [1.29, 1.82) is 0 Å². The highest BCUT2D eigenvalue weighted by Crippen LogP contribution is 2.32. The van der Waals surface area contributed by atoms with Gasteiger partial charge in [-0.2, -0.15) is 0 Å². The molecule has 5 nitrogen and oxygen atoms in total. The van der Waals surface area contributed by atoms with Gasteiger partial charge in [-0.15, -0.1) is 0 Å². The summed E-state index contributed by atoms with van der Waals surface area (Å²) < 4.78 is 47.6. The van der Waals surface area contributed by atoms with Crippen molar-refractivity contribution in [2.24, 2.45) is 5.92 Å². The lowest BCUT2D eigenvalue weighted by Gasteiger charge is -2.35. The summed E-state index contributed by atoms with van der Waals surface area (Å²) in [5.74, 6) is 0.552. The summed E-state index contributed by atoms with van der Waals surface area (Å²) in [4.78, 5) is 2.22. The van der Waals surface area contributed by atoms with Crippen molar-refractivity contribution in [3.05, 3.63) is 18.2 Å². The summed E-state index contributed by atoms with van der Waals surface area (Å²) in [6, 6.07) is 4.41. The number of hydrogen-bond donors (Lipinski definition) is 0. The molecule has 0 aromatic heterocycles. The maximum Gasteiger partial charge on any atom is 0.177 e. The molecule has 1 aliphatic heterocycles. The maximum absolute atomic E-state index is 12.1. The Morgan fingerprint density at radius 2 is 1.82 bits per heavy atom. The molecule has 0 aliphatic carbocycles. The van der Waals surface area contributed by atoms with Crippen LogP contribution in [0.25, 0.3) is 0 Å². The number of benzene rings is 1. The predicted octanol–water partition coefficient (Wildman–Crippen LogP) is 2.12. The minimum Gasteiger partial charge on any atom is -0.370 e. The Bertz CT molecular complexity index is 754. The second-order valence-electron chi connectivity index (χ2n) is 6.04. The van der Waals surface area contributed by atoms with Gasteiger partial charge in [0.25, 0.3) is 0 Å². The van der Waals surface area contributed by atoms with Crippen LogP contribution in [0.4, 0.5) is 5.69 Å². The molecule has 1 unspecified atom stereocenters. The standard InChI is InChI=1S/C15H23NO4S2/c1-4-12-6-5-9-16(11-12)14-8-7-13(21(2,17)18)10-15(14)22(3,19)20/h7-8,10,12H,4-6,9,11H2,1-3H3. The van der Waals surface area contributed by atoms with Crippen molar-refractivity contribution < 1.29 is 16.8 Å². The minimum absolute atomic E-state index is 0.0423. The molecule has 1 aromatic rings. The predicted molar refractivity (Wildman–Crippen MR) is 87.9 cm³/mol. The Hall–Kier alpha value is -1.08. The molecule has 1 saturated heterocycles. The zero-order chi connectivity index (χ0) is 16.5. The van der Waals surface area contributed by atoms with E-state index in [-0.39, 0.29) is 9.79 Å². The van der Waals surface area contributed by atoms with Crippen LogP contribution in [0, 0.1) is 5.92 Å². The fourth-order valence-corrected chi connectivity index (χ4v) is 4.54. The summed E-state index contributed by atoms with van der Waals surface area (Å²) in [5, 5.41) is 0. The Labute approximate surface area is 133 Å². The maximum atomic E-state index is 12.1. The first-order chi connectivity index (χ1) is 10.1. The summed E-state index contributed by atoms with van der Waals surface area (Å²) in [6.45, 7) is 3.76. The zero-order valence-electron chi connectivity index (χ0n) is 13.2. The van der Waals surface area contributed by atoms with E-state index in [1.54, 1.807) is 6.07 Å². The second kappa shape index (κ2) is 6.20. The molecule has 1 heterocycles. The lowest BCUT2D eigenvalue weighted by molar-refractivity contribution is 0.403. The third-order valence-electron chi connectivity index (χ3n) is 4.20. The molecular formula is C15H23NO4S2. The van der Waals surface area contributed by atoms with Gasteiger partial charge in [-0.3, -0.25) is 0 Å². The average molecular weight is 345 g/mol. The van der Waals surface area contributed by atoms with Crippen LogP contribution in [0.1, 0.15) is 26.2 Å². The zero-order valence-corrected chi connectivity index (χ0v) is 14.9. The van der Waals surface area contributed by atoms with E-state index in [1.807, 2.05) is 0 Å². The fraction of sp³-hybridized carbons (Fsp3) is 0.600. The second-order valence-corrected chi connectivity index (χ2v) is 10.0. The molecule has 0 radical (unpaired) electrons. The molecule has 0 spiro atoms. The third-order valence-corrected chi connectivity index (χ3v) is 6.43. The van der Waals surface area contributed by atoms with Gasteiger partial charge in [-0.1, -0.05) is 13.3 Å². The van der Waals surface area contributed by atoms with Crippen molar-refractivity contribution in [3.8, 4) is 0 Å². The van der Waals surface area contributed by atoms with Crippen LogP contribution in [0.3, 0.4) is 0 Å². The van der Waals surface area contributed by atoms with Crippen LogP contribution in [0.5, 0.6) is 0 Å². The normalized spacial score (nSPS) is 20.1. The van der Waals surface area contributed by atoms with Gasteiger partial charge in [0.05, 0.1) is 15.5 Å². The third kappa shape index (κ3) is 3.81. The fourth-order valence-electron chi connectivity index (χ4n) is 2.90. The topological polar surface area (TPSA) is 71.5 Å². The quantitative estimate of drug-likeness (QED) is 0.836. The molecule has 7 heteroatoms. The van der Waals surface area contributed by atoms with E-state index in [2.05, 4.69) is 11.8 Å². The lowest BCUT2D eigenvalue weighted by atomic mass is 9.95. The largest absolute Gasteiger partial charge is 0.370 e. The highest BCUT2D eigenvalue weighted by atomic mass is 32.2. The van der Waals surface area contributed by atoms with Gasteiger partial charge in [-0.05, 0) is 37.0 Å². The Kier molecular flexibility index (Phi) is 4.87. The highest BCUT2D eigenvalue weighted by molar-refractivity contribution is 7.91. The molecule has 124 valence electrons. The van der Waals surface area contributed by atoms with Gasteiger partial charge in [-0.25, -0.2) is 16.8 Å². The summed E-state index contributed by atoms with van der Waals surface area (Å²) in [7, 11) is -6.93. The van der Waals surface area contributed by atoms with E-state index in [1.165, 1.54) is 12.1 Å². The first-order valence-electron chi connectivity index (χ1n) is 7.42. The van der Waals surface area contributed by atoms with E-state index in [0.29, 0.717) is 11.6 Å². The van der Waals surface area contributed by atoms with Crippen LogP contribution in [0.2, 0.25) is 0 Å². The molecule has 0 bridgehead atoms. The Morgan fingerprint density at radius 3 is 2.36 bits per heavy atom. The Morgan fingerprint density at radius 1 is 1.14 bits per heavy atom. The molecule has 0 amide bonds. The van der Waals surface area contributed by atoms with E-state index in [9.17, 15) is 16.8 Å². The molecule has 2 rings (SSSR count). The first-order valence-corrected chi connectivity index (χ1v) is 11.2. The summed E-state index contributed by atoms with van der Waals surface area (Å²) in [6.07, 6.45) is 5.45. The van der Waals surface area contributed by atoms with Crippen molar-refractivity contribution >= 4 is 25.4 Å².